The summed E-state index contributed by atoms with van der Waals surface area (Å²) in [5.41, 5.74) is 2.56. The lowest BCUT2D eigenvalue weighted by atomic mass is 9.57. The van der Waals surface area contributed by atoms with Gasteiger partial charge in [0.2, 0.25) is 0 Å². The van der Waals surface area contributed by atoms with Gasteiger partial charge in [-0.25, -0.2) is 0 Å². The third-order valence-corrected chi connectivity index (χ3v) is 4.88. The second-order valence-electron chi connectivity index (χ2n) is 6.01. The molecule has 17 heavy (non-hydrogen) atoms. The van der Waals surface area contributed by atoms with Crippen LogP contribution in [0.15, 0.2) is 23.0 Å². The monoisotopic (exact) mass is 236 g/mol. The van der Waals surface area contributed by atoms with E-state index >= 15 is 0 Å². The molecule has 0 unspecified atom stereocenters. The lowest BCUT2D eigenvalue weighted by Gasteiger charge is -2.53. The van der Waals surface area contributed by atoms with Crippen molar-refractivity contribution in [3.63, 3.8) is 0 Å². The van der Waals surface area contributed by atoms with Crippen LogP contribution in [0.1, 0.15) is 34.6 Å². The maximum absolute atomic E-state index is 9.82. The normalized spacial score (nSPS) is 40.7. The molecule has 2 bridgehead atoms. The van der Waals surface area contributed by atoms with Crippen molar-refractivity contribution in [1.82, 2.24) is 0 Å². The lowest BCUT2D eigenvalue weighted by Crippen LogP contribution is -2.52. The molecule has 0 aromatic heterocycles. The summed E-state index contributed by atoms with van der Waals surface area (Å²) in [4.78, 5) is 0. The molecule has 2 rings (SSSR count). The Hall–Kier alpha value is -0.760. The fourth-order valence-electron chi connectivity index (χ4n) is 3.59. The van der Waals surface area contributed by atoms with E-state index in [0.29, 0.717) is 24.4 Å². The first-order valence-electron chi connectivity index (χ1n) is 6.53. The number of ether oxygens (including phenoxy) is 1. The molecule has 2 nitrogen and oxygen atoms in total. The topological polar surface area (TPSA) is 29.5 Å². The van der Waals surface area contributed by atoms with Crippen LogP contribution in [0.5, 0.6) is 0 Å². The smallest absolute Gasteiger partial charge is 0.102 e. The van der Waals surface area contributed by atoms with Gasteiger partial charge in [-0.1, -0.05) is 25.5 Å². The highest BCUT2D eigenvalue weighted by Crippen LogP contribution is 2.53. The van der Waals surface area contributed by atoms with Crippen LogP contribution in [-0.4, -0.2) is 18.3 Å². The molecule has 0 aromatic rings. The van der Waals surface area contributed by atoms with Crippen molar-refractivity contribution in [3.05, 3.63) is 23.0 Å². The van der Waals surface area contributed by atoms with Crippen molar-refractivity contribution in [2.45, 2.75) is 34.6 Å². The fraction of sp³-hybridized carbons (Fsp3) is 0.733. The van der Waals surface area contributed by atoms with Crippen molar-refractivity contribution >= 4 is 0 Å². The summed E-state index contributed by atoms with van der Waals surface area (Å²) in [6, 6.07) is 0. The Bertz CT molecular complexity index is 376. The van der Waals surface area contributed by atoms with Gasteiger partial charge in [-0.2, -0.15) is 0 Å². The van der Waals surface area contributed by atoms with E-state index in [1.165, 1.54) is 11.1 Å². The van der Waals surface area contributed by atoms with Crippen LogP contribution in [0.2, 0.25) is 0 Å². The SMILES string of the molecule is CC1=C[C@H](C)[C@]2(CO)COC(=C(C)C)[C@@H]1[C@@H]2C. The first-order chi connectivity index (χ1) is 7.94. The van der Waals surface area contributed by atoms with Gasteiger partial charge in [0.05, 0.1) is 13.2 Å². The standard InChI is InChI=1S/C15H24O2/c1-9(2)14-13-10(3)6-11(4)15(7-16,8-17-14)12(13)5/h6,11-13,16H,7-8H2,1-5H3/t11-,12-,13-,15-/m0/s1. The van der Waals surface area contributed by atoms with Gasteiger partial charge in [0.15, 0.2) is 0 Å². The molecule has 2 heteroatoms. The van der Waals surface area contributed by atoms with Crippen LogP contribution >= 0.6 is 0 Å². The molecule has 1 saturated heterocycles. The first kappa shape index (κ1) is 12.7. The van der Waals surface area contributed by atoms with E-state index in [9.17, 15) is 5.11 Å². The molecule has 1 aliphatic heterocycles. The molecular formula is C15H24O2. The van der Waals surface area contributed by atoms with Crippen molar-refractivity contribution in [2.24, 2.45) is 23.2 Å². The van der Waals surface area contributed by atoms with E-state index < -0.39 is 0 Å². The fourth-order valence-corrected chi connectivity index (χ4v) is 3.59. The van der Waals surface area contributed by atoms with E-state index in [1.54, 1.807) is 0 Å². The number of aliphatic hydroxyl groups excluding tert-OH is 1. The van der Waals surface area contributed by atoms with Crippen LogP contribution in [0.3, 0.4) is 0 Å². The molecule has 1 heterocycles. The van der Waals surface area contributed by atoms with Crippen LogP contribution in [-0.2, 0) is 4.74 Å². The van der Waals surface area contributed by atoms with Crippen LogP contribution < -0.4 is 0 Å². The molecular weight excluding hydrogens is 212 g/mol. The predicted molar refractivity (Wildman–Crippen MR) is 69.4 cm³/mol. The van der Waals surface area contributed by atoms with Gasteiger partial charge in [-0.3, -0.25) is 0 Å². The van der Waals surface area contributed by atoms with Gasteiger partial charge in [-0.05, 0) is 38.2 Å². The van der Waals surface area contributed by atoms with Gasteiger partial charge < -0.3 is 9.84 Å². The van der Waals surface area contributed by atoms with Gasteiger partial charge >= 0.3 is 0 Å². The predicted octanol–water partition coefficient (Wildman–Crippen LogP) is 3.14. The highest BCUT2D eigenvalue weighted by Gasteiger charge is 2.52. The lowest BCUT2D eigenvalue weighted by molar-refractivity contribution is -0.0933. The Balaban J connectivity index is 2.52. The average Bonchev–Trinajstić information content (AvgIpc) is 2.26. The summed E-state index contributed by atoms with van der Waals surface area (Å²) in [6.45, 7) is 11.7. The number of aliphatic hydroxyl groups is 1. The second kappa shape index (κ2) is 4.16. The third-order valence-electron chi connectivity index (χ3n) is 4.88. The Morgan fingerprint density at radius 1 is 1.47 bits per heavy atom. The molecule has 1 aliphatic carbocycles. The second-order valence-corrected chi connectivity index (χ2v) is 6.01. The first-order valence-corrected chi connectivity index (χ1v) is 6.53. The molecule has 0 aromatic carbocycles. The Morgan fingerprint density at radius 2 is 2.12 bits per heavy atom. The zero-order valence-electron chi connectivity index (χ0n) is 11.6. The Morgan fingerprint density at radius 3 is 2.65 bits per heavy atom. The number of allylic oxidation sites excluding steroid dienone is 3. The minimum Gasteiger partial charge on any atom is -0.497 e. The largest absolute Gasteiger partial charge is 0.497 e. The van der Waals surface area contributed by atoms with Gasteiger partial charge in [0, 0.05) is 11.3 Å². The highest BCUT2D eigenvalue weighted by atomic mass is 16.5. The summed E-state index contributed by atoms with van der Waals surface area (Å²) < 4.78 is 5.99. The van der Waals surface area contributed by atoms with Crippen LogP contribution in [0.4, 0.5) is 0 Å². The summed E-state index contributed by atoms with van der Waals surface area (Å²) in [7, 11) is 0. The average molecular weight is 236 g/mol. The van der Waals surface area contributed by atoms with Crippen LogP contribution in [0, 0.1) is 23.2 Å². The number of hydrogen-bond donors (Lipinski definition) is 1. The zero-order chi connectivity index (χ0) is 12.8. The molecule has 0 spiro atoms. The number of hydrogen-bond acceptors (Lipinski definition) is 2. The minimum atomic E-state index is -0.0941. The molecule has 0 radical (unpaired) electrons. The maximum atomic E-state index is 9.82. The molecule has 0 amide bonds. The molecule has 2 aliphatic rings. The summed E-state index contributed by atoms with van der Waals surface area (Å²) in [5.74, 6) is 2.32. The molecule has 96 valence electrons. The zero-order valence-corrected chi connectivity index (χ0v) is 11.6. The maximum Gasteiger partial charge on any atom is 0.102 e. The van der Waals surface area contributed by atoms with Gasteiger partial charge in [-0.15, -0.1) is 0 Å². The summed E-state index contributed by atoms with van der Waals surface area (Å²) in [5, 5.41) is 9.82. The van der Waals surface area contributed by atoms with Crippen molar-refractivity contribution in [1.29, 1.82) is 0 Å². The number of rotatable bonds is 1. The third kappa shape index (κ3) is 1.65. The number of fused-ring (bicyclic) bond motifs is 2. The summed E-state index contributed by atoms with van der Waals surface area (Å²) >= 11 is 0. The van der Waals surface area contributed by atoms with Crippen LogP contribution in [0.25, 0.3) is 0 Å². The quantitative estimate of drug-likeness (QED) is 0.709. The van der Waals surface area contributed by atoms with E-state index in [0.717, 1.165) is 5.76 Å². The Kier molecular flexibility index (Phi) is 3.11. The minimum absolute atomic E-state index is 0.0941. The molecule has 1 fully saturated rings. The van der Waals surface area contributed by atoms with Gasteiger partial charge in [0.1, 0.15) is 5.76 Å². The van der Waals surface area contributed by atoms with Crippen molar-refractivity contribution in [3.8, 4) is 0 Å². The van der Waals surface area contributed by atoms with Crippen molar-refractivity contribution < 1.29 is 9.84 Å². The molecule has 0 saturated carbocycles. The Labute approximate surface area is 104 Å². The van der Waals surface area contributed by atoms with E-state index in [1.807, 2.05) is 0 Å². The van der Waals surface area contributed by atoms with E-state index in [2.05, 4.69) is 40.7 Å². The van der Waals surface area contributed by atoms with Gasteiger partial charge in [0.25, 0.3) is 0 Å². The summed E-state index contributed by atoms with van der Waals surface area (Å²) in [6.07, 6.45) is 2.33. The van der Waals surface area contributed by atoms with E-state index in [-0.39, 0.29) is 12.0 Å². The van der Waals surface area contributed by atoms with E-state index in [4.69, 9.17) is 4.74 Å². The molecule has 4 atom stereocenters. The van der Waals surface area contributed by atoms with Crippen molar-refractivity contribution in [2.75, 3.05) is 13.2 Å². The molecule has 1 N–H and O–H groups in total. The highest BCUT2D eigenvalue weighted by molar-refractivity contribution is 5.29.